The van der Waals surface area contributed by atoms with Crippen LogP contribution in [0.3, 0.4) is 0 Å². The largest absolute Gasteiger partial charge is 0.490 e. The second-order valence-corrected chi connectivity index (χ2v) is 23.2. The summed E-state index contributed by atoms with van der Waals surface area (Å²) in [7, 11) is 0. The molecule has 0 bridgehead atoms. The fourth-order valence-electron chi connectivity index (χ4n) is 9.98. The zero-order valence-corrected chi connectivity index (χ0v) is 44.7. The molecule has 4 N–H and O–H groups in total. The first-order valence-electron chi connectivity index (χ1n) is 24.8. The van der Waals surface area contributed by atoms with E-state index in [0.29, 0.717) is 40.4 Å². The zero-order chi connectivity index (χ0) is 52.3. The lowest BCUT2D eigenvalue weighted by Gasteiger charge is -2.36. The van der Waals surface area contributed by atoms with Crippen molar-refractivity contribution >= 4 is 74.6 Å². The average molecular weight is 1060 g/mol. The van der Waals surface area contributed by atoms with Crippen LogP contribution in [0.4, 0.5) is 0 Å². The van der Waals surface area contributed by atoms with Crippen molar-refractivity contribution in [1.82, 2.24) is 40.6 Å². The van der Waals surface area contributed by atoms with Crippen molar-refractivity contribution in [3.8, 4) is 21.2 Å². The molecule has 7 aromatic rings. The Labute approximate surface area is 441 Å². The van der Waals surface area contributed by atoms with E-state index in [-0.39, 0.29) is 49.2 Å². The van der Waals surface area contributed by atoms with E-state index in [4.69, 9.17) is 25.7 Å². The summed E-state index contributed by atoms with van der Waals surface area (Å²) in [5, 5.41) is 31.1. The molecule has 16 nitrogen and oxygen atoms in total. The highest BCUT2D eigenvalue weighted by atomic mass is 35.5. The van der Waals surface area contributed by atoms with Crippen LogP contribution >= 0.6 is 34.3 Å². The summed E-state index contributed by atoms with van der Waals surface area (Å²) >= 11 is 9.51. The number of aliphatic hydroxyl groups excluding tert-OH is 1. The molecule has 3 aliphatic rings. The summed E-state index contributed by atoms with van der Waals surface area (Å²) in [6.45, 7) is 15.4. The monoisotopic (exact) mass is 1060 g/mol. The van der Waals surface area contributed by atoms with Gasteiger partial charge >= 0.3 is 0 Å². The third-order valence-electron chi connectivity index (χ3n) is 14.2. The maximum atomic E-state index is 14.4. The van der Waals surface area contributed by atoms with Gasteiger partial charge in [-0.15, -0.1) is 32.9 Å². The lowest BCUT2D eigenvalue weighted by molar-refractivity contribution is -0.142. The fourth-order valence-corrected chi connectivity index (χ4v) is 12.1. The van der Waals surface area contributed by atoms with Gasteiger partial charge in [0.05, 0.1) is 40.4 Å². The van der Waals surface area contributed by atoms with Gasteiger partial charge in [-0.3, -0.25) is 28.7 Å². The minimum absolute atomic E-state index is 0.000667. The molecule has 1 saturated heterocycles. The van der Waals surface area contributed by atoms with Gasteiger partial charge in [0.2, 0.25) is 17.7 Å². The standard InChI is InChI=1S/C55H58ClN9O7S2/c1-27-30(4)74-54-46(27)47(33-13-16-36(56)17-14-33)60-41(50-63-62-31(5)65(50)54)24-45(67)59-37-20-40(21-37)71-39-18-15-35-19-44(72-43(35)23-39)52(69)61-49(55(6,7)8)53(70)64-25-38(66)22-42(64)51(68)58-28(2)32-9-11-34(12-10-32)48-29(3)57-26-73-48/h9-19,23,26,28,37-38,40-42,49,66H,20-22,24-25H2,1-8H3,(H,58,68)(H,59,67)(H,61,69)/t28-,37?,38+,40?,41-,42-,49?/m0/s1. The van der Waals surface area contributed by atoms with E-state index in [9.17, 15) is 24.3 Å². The number of rotatable bonds is 13. The van der Waals surface area contributed by atoms with Crippen molar-refractivity contribution in [2.24, 2.45) is 10.4 Å². The molecule has 2 fully saturated rings. The number of carbonyl (C=O) groups excluding carboxylic acids is 4. The highest BCUT2D eigenvalue weighted by molar-refractivity contribution is 7.15. The Kier molecular flexibility index (Phi) is 13.9. The van der Waals surface area contributed by atoms with Gasteiger partial charge in [0.1, 0.15) is 46.4 Å². The van der Waals surface area contributed by atoms with Crippen LogP contribution < -0.4 is 20.7 Å². The van der Waals surface area contributed by atoms with Gasteiger partial charge in [-0.1, -0.05) is 68.8 Å². The Morgan fingerprint density at radius 2 is 1.66 bits per heavy atom. The number of nitrogens with zero attached hydrogens (tertiary/aromatic N) is 6. The number of halogens is 1. The van der Waals surface area contributed by atoms with Gasteiger partial charge in [-0.05, 0) is 87.1 Å². The number of fused-ring (bicyclic) bond motifs is 4. The molecule has 1 saturated carbocycles. The number of hydrogen-bond acceptors (Lipinski definition) is 13. The second kappa shape index (κ2) is 20.2. The third-order valence-corrected chi connectivity index (χ3v) is 16.7. The molecule has 4 aromatic heterocycles. The van der Waals surface area contributed by atoms with E-state index in [0.717, 1.165) is 59.8 Å². The first-order chi connectivity index (χ1) is 35.3. The van der Waals surface area contributed by atoms with Gasteiger partial charge in [-0.2, -0.15) is 0 Å². The van der Waals surface area contributed by atoms with Crippen LogP contribution in [0.15, 0.2) is 87.7 Å². The summed E-state index contributed by atoms with van der Waals surface area (Å²) < 4.78 is 14.4. The number of thiazole rings is 1. The molecular formula is C55H58ClN9O7S2. The number of thiophene rings is 1. The molecular weight excluding hydrogens is 998 g/mol. The highest BCUT2D eigenvalue weighted by Crippen LogP contribution is 2.40. The van der Waals surface area contributed by atoms with Crippen molar-refractivity contribution in [2.75, 3.05) is 6.54 Å². The number of ether oxygens (including phenoxy) is 1. The lowest BCUT2D eigenvalue weighted by atomic mass is 9.85. The van der Waals surface area contributed by atoms with Crippen molar-refractivity contribution in [3.05, 3.63) is 134 Å². The number of benzene rings is 3. The number of likely N-dealkylation sites (tertiary alicyclic amines) is 1. The Morgan fingerprint density at radius 1 is 0.932 bits per heavy atom. The van der Waals surface area contributed by atoms with Crippen LogP contribution in [0.25, 0.3) is 26.4 Å². The van der Waals surface area contributed by atoms with Crippen LogP contribution in [0.2, 0.25) is 5.02 Å². The first kappa shape index (κ1) is 50.8. The fraction of sp³-hybridized carbons (Fsp3) is 0.382. The summed E-state index contributed by atoms with van der Waals surface area (Å²) in [5.74, 6) is 0.238. The van der Waals surface area contributed by atoms with Crippen LogP contribution in [-0.4, -0.2) is 96.0 Å². The van der Waals surface area contributed by atoms with E-state index in [1.54, 1.807) is 46.9 Å². The van der Waals surface area contributed by atoms with Gasteiger partial charge in [-0.25, -0.2) is 4.98 Å². The number of furan rings is 1. The maximum absolute atomic E-state index is 14.4. The average Bonchev–Trinajstić information content (AvgIpc) is 4.19. The number of aryl methyl sites for hydroxylation is 3. The molecule has 4 amide bonds. The van der Waals surface area contributed by atoms with Gasteiger partial charge in [0, 0.05) is 64.3 Å². The number of carbonyl (C=O) groups is 4. The van der Waals surface area contributed by atoms with Crippen molar-refractivity contribution in [3.63, 3.8) is 0 Å². The molecule has 74 heavy (non-hydrogen) atoms. The summed E-state index contributed by atoms with van der Waals surface area (Å²) in [4.78, 5) is 69.0. The molecule has 1 aliphatic carbocycles. The number of hydrogen-bond donors (Lipinski definition) is 4. The third kappa shape index (κ3) is 10.1. The molecule has 1 unspecified atom stereocenters. The Balaban J connectivity index is 0.754. The van der Waals surface area contributed by atoms with E-state index >= 15 is 0 Å². The summed E-state index contributed by atoms with van der Waals surface area (Å²) in [6.07, 6.45) is 0.228. The lowest BCUT2D eigenvalue weighted by Crippen LogP contribution is -2.57. The van der Waals surface area contributed by atoms with E-state index in [1.165, 1.54) is 4.90 Å². The molecule has 384 valence electrons. The first-order valence-corrected chi connectivity index (χ1v) is 26.8. The van der Waals surface area contributed by atoms with Crippen molar-refractivity contribution in [2.45, 2.75) is 123 Å². The minimum Gasteiger partial charge on any atom is -0.490 e. The van der Waals surface area contributed by atoms with Crippen LogP contribution in [0.1, 0.15) is 120 Å². The molecule has 0 radical (unpaired) electrons. The number of aliphatic imine (C=N–C) groups is 1. The normalized spacial score (nSPS) is 20.2. The van der Waals surface area contributed by atoms with Gasteiger partial charge < -0.3 is 35.1 Å². The topological polar surface area (TPSA) is 206 Å². The molecule has 6 heterocycles. The smallest absolute Gasteiger partial charge is 0.287 e. The molecule has 19 heteroatoms. The van der Waals surface area contributed by atoms with Gasteiger partial charge in [0.15, 0.2) is 11.6 Å². The number of aromatic nitrogens is 4. The van der Waals surface area contributed by atoms with Crippen molar-refractivity contribution in [1.29, 1.82) is 0 Å². The Bertz CT molecular complexity index is 3330. The predicted octanol–water partition coefficient (Wildman–Crippen LogP) is 9.08. The number of nitrogens with one attached hydrogen (secondary N) is 3. The quantitative estimate of drug-likeness (QED) is 0.0862. The van der Waals surface area contributed by atoms with Gasteiger partial charge in [0.25, 0.3) is 5.91 Å². The van der Waals surface area contributed by atoms with Crippen LogP contribution in [-0.2, 0) is 14.4 Å². The molecule has 0 spiro atoms. The van der Waals surface area contributed by atoms with Crippen LogP contribution in [0, 0.1) is 33.1 Å². The van der Waals surface area contributed by atoms with E-state index in [1.807, 2.05) is 100 Å². The van der Waals surface area contributed by atoms with E-state index < -0.39 is 47.4 Å². The molecule has 2 aliphatic heterocycles. The zero-order valence-electron chi connectivity index (χ0n) is 42.4. The van der Waals surface area contributed by atoms with Crippen LogP contribution in [0.5, 0.6) is 5.75 Å². The molecule has 5 atom stereocenters. The number of β-amino-alcohol motifs (C(OH)–C–C–N with tert-alkyl or cyclic N) is 1. The minimum atomic E-state index is -1.06. The molecule has 10 rings (SSSR count). The predicted molar refractivity (Wildman–Crippen MR) is 285 cm³/mol. The number of amides is 4. The summed E-state index contributed by atoms with van der Waals surface area (Å²) in [6, 6.07) is 19.4. The molecule has 3 aromatic carbocycles. The highest BCUT2D eigenvalue weighted by Gasteiger charge is 2.45. The second-order valence-electron chi connectivity index (χ2n) is 20.7. The van der Waals surface area contributed by atoms with E-state index in [2.05, 4.69) is 45.0 Å². The SMILES string of the molecule is Cc1ncsc1-c1ccc([C@H](C)NC(=O)[C@@H]2C[C@@H](O)CN2C(=O)C(NC(=O)c2cc3ccc(OC4CC(NC(=O)C[C@@H]5N=C(c6ccc(Cl)cc6)c6c(sc(C)c6C)-n6c(C)nnc65)C4)cc3o2)C(C)(C)C)cc1. The Morgan fingerprint density at radius 3 is 2.36 bits per heavy atom. The van der Waals surface area contributed by atoms with Crippen molar-refractivity contribution < 1.29 is 33.4 Å². The Hall–Kier alpha value is -6.73. The maximum Gasteiger partial charge on any atom is 0.287 e. The summed E-state index contributed by atoms with van der Waals surface area (Å²) in [5.41, 5.74) is 8.13. The number of aliphatic hydroxyl groups is 1.